The summed E-state index contributed by atoms with van der Waals surface area (Å²) in [6.45, 7) is 2.79. The van der Waals surface area contributed by atoms with Gasteiger partial charge in [-0.05, 0) is 46.5 Å². The Labute approximate surface area is 149 Å². The molecule has 2 heterocycles. The van der Waals surface area contributed by atoms with E-state index in [1.807, 2.05) is 15.9 Å². The number of nitrogens with zero attached hydrogens (tertiary/aromatic N) is 2. The molecule has 0 bridgehead atoms. The van der Waals surface area contributed by atoms with E-state index in [9.17, 15) is 9.59 Å². The Kier molecular flexibility index (Phi) is 5.28. The van der Waals surface area contributed by atoms with E-state index in [-0.39, 0.29) is 11.8 Å². The van der Waals surface area contributed by atoms with Gasteiger partial charge >= 0.3 is 0 Å². The lowest BCUT2D eigenvalue weighted by Crippen LogP contribution is -2.31. The molecule has 1 aromatic carbocycles. The molecule has 0 atom stereocenters. The highest BCUT2D eigenvalue weighted by molar-refractivity contribution is 9.09. The number of likely N-dealkylation sites (tertiary alicyclic amines) is 1. The Hall–Kier alpha value is -1.76. The van der Waals surface area contributed by atoms with Crippen LogP contribution in [0.3, 0.4) is 0 Å². The number of rotatable bonds is 7. The van der Waals surface area contributed by atoms with Crippen molar-refractivity contribution in [2.75, 3.05) is 32.3 Å². The maximum Gasteiger partial charge on any atom is 0.254 e. The molecule has 0 spiro atoms. The zero-order valence-corrected chi connectivity index (χ0v) is 15.3. The second-order valence-corrected chi connectivity index (χ2v) is 6.44. The molecule has 7 heteroatoms. The third-order valence-electron chi connectivity index (χ3n) is 4.51. The Morgan fingerprint density at radius 1 is 1.17 bits per heavy atom. The van der Waals surface area contributed by atoms with E-state index in [2.05, 4.69) is 15.9 Å². The van der Waals surface area contributed by atoms with Crippen molar-refractivity contribution in [3.8, 4) is 11.5 Å². The van der Waals surface area contributed by atoms with E-state index in [0.717, 1.165) is 31.5 Å². The van der Waals surface area contributed by atoms with Gasteiger partial charge in [0.05, 0.1) is 7.11 Å². The zero-order valence-electron chi connectivity index (χ0n) is 13.7. The maximum absolute atomic E-state index is 12.6. The molecule has 1 aromatic rings. The summed E-state index contributed by atoms with van der Waals surface area (Å²) >= 11 is 3.22. The molecule has 0 unspecified atom stereocenters. The highest BCUT2D eigenvalue weighted by Crippen LogP contribution is 2.35. The summed E-state index contributed by atoms with van der Waals surface area (Å²) in [6.07, 6.45) is 2.40. The van der Waals surface area contributed by atoms with Gasteiger partial charge in [0.1, 0.15) is 5.52 Å². The number of alkyl halides is 1. The SMILES string of the molecule is COc1cc2c(cc1OCBr)C(=O)N(CCCN1CCCC1=O)C2. The molecule has 0 aliphatic carbocycles. The Balaban J connectivity index is 1.63. The second kappa shape index (κ2) is 7.42. The third kappa shape index (κ3) is 3.36. The van der Waals surface area contributed by atoms with Crippen LogP contribution < -0.4 is 9.47 Å². The number of carbonyl (C=O) groups is 2. The van der Waals surface area contributed by atoms with Crippen molar-refractivity contribution in [3.63, 3.8) is 0 Å². The highest BCUT2D eigenvalue weighted by Gasteiger charge is 2.29. The topological polar surface area (TPSA) is 59.1 Å². The van der Waals surface area contributed by atoms with E-state index < -0.39 is 0 Å². The van der Waals surface area contributed by atoms with Crippen molar-refractivity contribution in [1.82, 2.24) is 9.80 Å². The number of hydrogen-bond donors (Lipinski definition) is 0. The van der Waals surface area contributed by atoms with E-state index >= 15 is 0 Å². The summed E-state index contributed by atoms with van der Waals surface area (Å²) in [5, 5.41) is 0. The lowest BCUT2D eigenvalue weighted by Gasteiger charge is -2.19. The minimum atomic E-state index is 0.0137. The molecule has 3 rings (SSSR count). The molecule has 1 fully saturated rings. The lowest BCUT2D eigenvalue weighted by molar-refractivity contribution is -0.127. The van der Waals surface area contributed by atoms with Gasteiger partial charge in [0.25, 0.3) is 5.91 Å². The molecule has 6 nitrogen and oxygen atoms in total. The van der Waals surface area contributed by atoms with Crippen LogP contribution in [0.5, 0.6) is 11.5 Å². The molecular formula is C17H21BrN2O4. The maximum atomic E-state index is 12.6. The molecule has 0 N–H and O–H groups in total. The van der Waals surface area contributed by atoms with Crippen LogP contribution in [0.4, 0.5) is 0 Å². The van der Waals surface area contributed by atoms with Gasteiger partial charge in [-0.25, -0.2) is 0 Å². The zero-order chi connectivity index (χ0) is 17.1. The van der Waals surface area contributed by atoms with Crippen LogP contribution in [-0.4, -0.2) is 53.9 Å². The number of halogens is 1. The van der Waals surface area contributed by atoms with Crippen LogP contribution in [0, 0.1) is 0 Å². The number of hydrogen-bond acceptors (Lipinski definition) is 4. The number of methoxy groups -OCH3 is 1. The summed E-state index contributed by atoms with van der Waals surface area (Å²) in [5.74, 6) is 1.43. The van der Waals surface area contributed by atoms with Gasteiger partial charge in [-0.2, -0.15) is 0 Å². The van der Waals surface area contributed by atoms with Crippen LogP contribution >= 0.6 is 15.9 Å². The van der Waals surface area contributed by atoms with Crippen molar-refractivity contribution < 1.29 is 19.1 Å². The molecule has 130 valence electrons. The van der Waals surface area contributed by atoms with Crippen LogP contribution in [0.15, 0.2) is 12.1 Å². The van der Waals surface area contributed by atoms with Crippen LogP contribution in [0.25, 0.3) is 0 Å². The van der Waals surface area contributed by atoms with Gasteiger partial charge in [-0.3, -0.25) is 9.59 Å². The molecule has 24 heavy (non-hydrogen) atoms. The first kappa shape index (κ1) is 17.1. The fraction of sp³-hybridized carbons (Fsp3) is 0.529. The molecule has 0 radical (unpaired) electrons. The average Bonchev–Trinajstić information content (AvgIpc) is 3.12. The first-order valence-corrected chi connectivity index (χ1v) is 9.23. The standard InChI is InChI=1S/C17H21BrN2O4/c1-23-14-8-12-10-20(7-3-6-19-5-2-4-16(19)21)17(22)13(12)9-15(14)24-11-18/h8-9H,2-7,10-11H2,1H3. The largest absolute Gasteiger partial charge is 0.493 e. The van der Waals surface area contributed by atoms with Crippen molar-refractivity contribution >= 4 is 27.7 Å². The van der Waals surface area contributed by atoms with Crippen LogP contribution in [0.2, 0.25) is 0 Å². The van der Waals surface area contributed by atoms with Crippen LogP contribution in [0.1, 0.15) is 35.2 Å². The second-order valence-electron chi connectivity index (χ2n) is 5.98. The summed E-state index contributed by atoms with van der Waals surface area (Å²) in [5.41, 5.74) is 1.96. The van der Waals surface area contributed by atoms with Crippen molar-refractivity contribution in [2.45, 2.75) is 25.8 Å². The molecule has 2 aliphatic heterocycles. The average molecular weight is 397 g/mol. The minimum absolute atomic E-state index is 0.0137. The number of ether oxygens (including phenoxy) is 2. The van der Waals surface area contributed by atoms with Gasteiger partial charge in [0, 0.05) is 38.2 Å². The quantitative estimate of drug-likeness (QED) is 0.663. The summed E-state index contributed by atoms with van der Waals surface area (Å²) < 4.78 is 10.8. The van der Waals surface area contributed by atoms with E-state index in [0.29, 0.717) is 42.1 Å². The van der Waals surface area contributed by atoms with Gasteiger partial charge in [0.15, 0.2) is 11.5 Å². The number of carbonyl (C=O) groups excluding carboxylic acids is 2. The highest BCUT2D eigenvalue weighted by atomic mass is 79.9. The summed E-state index contributed by atoms with van der Waals surface area (Å²) in [4.78, 5) is 27.9. The normalized spacial score (nSPS) is 16.8. The van der Waals surface area contributed by atoms with E-state index in [4.69, 9.17) is 9.47 Å². The molecule has 0 saturated carbocycles. The molecule has 1 saturated heterocycles. The van der Waals surface area contributed by atoms with Gasteiger partial charge in [-0.15, -0.1) is 0 Å². The Morgan fingerprint density at radius 2 is 1.96 bits per heavy atom. The number of amides is 2. The van der Waals surface area contributed by atoms with Gasteiger partial charge < -0.3 is 19.3 Å². The molecule has 0 aromatic heterocycles. The molecule has 2 aliphatic rings. The first-order chi connectivity index (χ1) is 11.6. The molecular weight excluding hydrogens is 376 g/mol. The minimum Gasteiger partial charge on any atom is -0.493 e. The fourth-order valence-corrected chi connectivity index (χ4v) is 3.53. The fourth-order valence-electron chi connectivity index (χ4n) is 3.28. The van der Waals surface area contributed by atoms with Crippen molar-refractivity contribution in [1.29, 1.82) is 0 Å². The first-order valence-electron chi connectivity index (χ1n) is 8.10. The van der Waals surface area contributed by atoms with E-state index in [1.54, 1.807) is 13.2 Å². The van der Waals surface area contributed by atoms with Crippen molar-refractivity contribution in [2.24, 2.45) is 0 Å². The smallest absolute Gasteiger partial charge is 0.254 e. The number of fused-ring (bicyclic) bond motifs is 1. The summed E-state index contributed by atoms with van der Waals surface area (Å²) in [7, 11) is 1.59. The Bertz CT molecular complexity index is 650. The number of benzene rings is 1. The van der Waals surface area contributed by atoms with Crippen molar-refractivity contribution in [3.05, 3.63) is 23.3 Å². The van der Waals surface area contributed by atoms with Gasteiger partial charge in [0.2, 0.25) is 5.91 Å². The molecule has 2 amide bonds. The lowest BCUT2D eigenvalue weighted by atomic mass is 10.1. The van der Waals surface area contributed by atoms with E-state index in [1.165, 1.54) is 0 Å². The summed E-state index contributed by atoms with van der Waals surface area (Å²) in [6, 6.07) is 3.62. The predicted octanol–water partition coefficient (Wildman–Crippen LogP) is 2.39. The monoisotopic (exact) mass is 396 g/mol. The van der Waals surface area contributed by atoms with Crippen LogP contribution in [-0.2, 0) is 11.3 Å². The van der Waals surface area contributed by atoms with Gasteiger partial charge in [-0.1, -0.05) is 0 Å². The predicted molar refractivity (Wildman–Crippen MR) is 92.6 cm³/mol. The Morgan fingerprint density at radius 3 is 2.62 bits per heavy atom. The third-order valence-corrected chi connectivity index (χ3v) is 4.73.